The van der Waals surface area contributed by atoms with Gasteiger partial charge in [0.2, 0.25) is 0 Å². The Labute approximate surface area is 364 Å². The summed E-state index contributed by atoms with van der Waals surface area (Å²) < 4.78 is 19.7. The summed E-state index contributed by atoms with van der Waals surface area (Å²) in [5, 5.41) is 3.06. The van der Waals surface area contributed by atoms with Gasteiger partial charge in [-0.25, -0.2) is 19.2 Å². The molecule has 7 rings (SSSR count). The summed E-state index contributed by atoms with van der Waals surface area (Å²) in [4.78, 5) is 61.3. The molecule has 0 unspecified atom stereocenters. The van der Waals surface area contributed by atoms with Crippen LogP contribution in [-0.2, 0) is 24.2 Å². The number of aromatic nitrogens is 2. The van der Waals surface area contributed by atoms with Crippen molar-refractivity contribution in [2.24, 2.45) is 0 Å². The van der Waals surface area contributed by atoms with Crippen molar-refractivity contribution in [1.82, 2.24) is 34.1 Å². The van der Waals surface area contributed by atoms with E-state index in [0.29, 0.717) is 70.1 Å². The zero-order valence-corrected chi connectivity index (χ0v) is 37.6. The van der Waals surface area contributed by atoms with E-state index in [1.54, 1.807) is 14.0 Å². The van der Waals surface area contributed by atoms with E-state index in [2.05, 4.69) is 39.4 Å². The van der Waals surface area contributed by atoms with E-state index < -0.39 is 5.60 Å². The van der Waals surface area contributed by atoms with Gasteiger partial charge in [-0.3, -0.25) is 9.13 Å². The third kappa shape index (κ3) is 12.4. The summed E-state index contributed by atoms with van der Waals surface area (Å²) in [5.41, 5.74) is 5.69. The lowest BCUT2D eigenvalue weighted by molar-refractivity contribution is 0.0240. The number of rotatable bonds is 13. The normalized spacial score (nSPS) is 14.8. The number of benzene rings is 3. The lowest BCUT2D eigenvalue weighted by Gasteiger charge is -2.36. The average Bonchev–Trinajstić information content (AvgIpc) is 3.74. The number of fused-ring (bicyclic) bond motifs is 2. The van der Waals surface area contributed by atoms with Crippen molar-refractivity contribution in [2.45, 2.75) is 58.7 Å². The molecule has 0 radical (unpaired) electrons. The molecular formula is C46H65N9O7. The van der Waals surface area contributed by atoms with Gasteiger partial charge in [-0.1, -0.05) is 30.3 Å². The van der Waals surface area contributed by atoms with Crippen LogP contribution < -0.4 is 26.6 Å². The first-order valence-electron chi connectivity index (χ1n) is 21.8. The standard InChI is InChI=1S/C26H35N5O3.C20H30N4O4/c1-28(2)14-19-31-23-12-11-22(20-24(23)34-26(31)33)29-15-17-30(18-16-29)25(32)27-13-7-6-10-21-8-4-3-5-9-21;1-20(2,3)28-18(25)23-11-9-22(10-12-23)15-6-7-16-17(14-15)27-19(26)24(16)13-8-21(4)5/h3-5,8-9,11-12,20H,6-7,10,13-19H2,1-2H3,(H,27,32);6-7,14H,8-13H2,1-5H3. The lowest BCUT2D eigenvalue weighted by Crippen LogP contribution is -2.52. The highest BCUT2D eigenvalue weighted by molar-refractivity contribution is 5.79. The van der Waals surface area contributed by atoms with Crippen LogP contribution in [0.25, 0.3) is 22.2 Å². The molecule has 2 saturated heterocycles. The molecule has 0 aliphatic carbocycles. The van der Waals surface area contributed by atoms with Gasteiger partial charge in [-0.15, -0.1) is 0 Å². The summed E-state index contributed by atoms with van der Waals surface area (Å²) in [7, 11) is 7.92. The number of hydrogen-bond acceptors (Lipinski definition) is 11. The Morgan fingerprint density at radius 2 is 1.15 bits per heavy atom. The second kappa shape index (κ2) is 20.9. The summed E-state index contributed by atoms with van der Waals surface area (Å²) in [6.45, 7) is 14.5. The Balaban J connectivity index is 0.000000211. The van der Waals surface area contributed by atoms with Crippen molar-refractivity contribution in [1.29, 1.82) is 0 Å². The molecule has 2 aliphatic rings. The van der Waals surface area contributed by atoms with E-state index in [1.165, 1.54) is 5.56 Å². The van der Waals surface area contributed by atoms with Gasteiger partial charge in [0.05, 0.1) is 11.0 Å². The predicted molar refractivity (Wildman–Crippen MR) is 245 cm³/mol. The minimum atomic E-state index is -0.490. The van der Waals surface area contributed by atoms with E-state index in [1.807, 2.05) is 106 Å². The zero-order chi connectivity index (χ0) is 44.4. The minimum Gasteiger partial charge on any atom is -0.444 e. The Kier molecular flexibility index (Phi) is 15.4. The third-order valence-electron chi connectivity index (χ3n) is 11.1. The lowest BCUT2D eigenvalue weighted by atomic mass is 10.1. The topological polar surface area (TPSA) is 145 Å². The van der Waals surface area contributed by atoms with Crippen molar-refractivity contribution in [3.63, 3.8) is 0 Å². The average molecular weight is 856 g/mol. The number of nitrogens with one attached hydrogen (secondary N) is 1. The van der Waals surface area contributed by atoms with Crippen LogP contribution in [0.3, 0.4) is 0 Å². The first-order chi connectivity index (χ1) is 29.6. The number of anilines is 2. The van der Waals surface area contributed by atoms with Crippen LogP contribution in [0.4, 0.5) is 21.0 Å². The van der Waals surface area contributed by atoms with Crippen LogP contribution in [0.15, 0.2) is 85.2 Å². The quantitative estimate of drug-likeness (QED) is 0.156. The van der Waals surface area contributed by atoms with E-state index in [9.17, 15) is 19.2 Å². The highest BCUT2D eigenvalue weighted by Gasteiger charge is 2.27. The van der Waals surface area contributed by atoms with Gasteiger partial charge in [0, 0.05) is 109 Å². The predicted octanol–water partition coefficient (Wildman–Crippen LogP) is 5.22. The second-order valence-electron chi connectivity index (χ2n) is 17.6. The Morgan fingerprint density at radius 1 is 0.661 bits per heavy atom. The van der Waals surface area contributed by atoms with Gasteiger partial charge in [-0.05, 0) is 98.1 Å². The van der Waals surface area contributed by atoms with Gasteiger partial charge in [0.15, 0.2) is 11.2 Å². The molecule has 2 fully saturated rings. The zero-order valence-electron chi connectivity index (χ0n) is 37.6. The molecule has 3 aromatic carbocycles. The number of aryl methyl sites for hydroxylation is 1. The van der Waals surface area contributed by atoms with Crippen molar-refractivity contribution in [3.05, 3.63) is 93.4 Å². The van der Waals surface area contributed by atoms with E-state index in [4.69, 9.17) is 13.6 Å². The molecule has 5 aromatic rings. The van der Waals surface area contributed by atoms with E-state index in [0.717, 1.165) is 67.8 Å². The summed E-state index contributed by atoms with van der Waals surface area (Å²) in [6, 6.07) is 22.2. The molecule has 1 N–H and O–H groups in total. The SMILES string of the molecule is CN(C)CCn1c(=O)oc2cc(N3CCN(C(=O)NCCCCc4ccccc4)CC3)ccc21.CN(C)CCn1c(=O)oc2cc(N3CCN(C(=O)OC(C)(C)C)CC3)ccc21. The molecule has 0 atom stereocenters. The van der Waals surface area contributed by atoms with Crippen LogP contribution in [-0.4, -0.2) is 147 Å². The van der Waals surface area contributed by atoms with E-state index in [-0.39, 0.29) is 23.6 Å². The molecular weight excluding hydrogens is 791 g/mol. The van der Waals surface area contributed by atoms with Crippen molar-refractivity contribution in [3.8, 4) is 0 Å². The highest BCUT2D eigenvalue weighted by atomic mass is 16.6. The number of carbonyl (C=O) groups excluding carboxylic acids is 2. The first kappa shape index (κ1) is 45.8. The number of likely N-dealkylation sites (N-methyl/N-ethyl adjacent to an activating group) is 2. The van der Waals surface area contributed by atoms with Gasteiger partial charge in [0.25, 0.3) is 0 Å². The van der Waals surface area contributed by atoms with Crippen LogP contribution >= 0.6 is 0 Å². The monoisotopic (exact) mass is 856 g/mol. The number of nitrogens with zero attached hydrogens (tertiary/aromatic N) is 8. The molecule has 2 aromatic heterocycles. The van der Waals surface area contributed by atoms with Gasteiger partial charge in [0.1, 0.15) is 5.60 Å². The smallest absolute Gasteiger partial charge is 0.419 e. The number of carbonyl (C=O) groups is 2. The van der Waals surface area contributed by atoms with Crippen LogP contribution in [0.1, 0.15) is 39.2 Å². The van der Waals surface area contributed by atoms with Crippen LogP contribution in [0.2, 0.25) is 0 Å². The molecule has 16 heteroatoms. The molecule has 2 aliphatic heterocycles. The van der Waals surface area contributed by atoms with Crippen molar-refractivity contribution in [2.75, 3.05) is 110 Å². The van der Waals surface area contributed by atoms with Gasteiger partial charge < -0.3 is 48.3 Å². The Morgan fingerprint density at radius 3 is 1.61 bits per heavy atom. The molecule has 62 heavy (non-hydrogen) atoms. The number of unbranched alkanes of at least 4 members (excludes halogenated alkanes) is 1. The molecule has 0 spiro atoms. The fraction of sp³-hybridized carbons (Fsp3) is 0.522. The first-order valence-corrected chi connectivity index (χ1v) is 21.8. The Hall–Kier alpha value is -5.74. The van der Waals surface area contributed by atoms with Crippen LogP contribution in [0, 0.1) is 0 Å². The highest BCUT2D eigenvalue weighted by Crippen LogP contribution is 2.25. The van der Waals surface area contributed by atoms with Gasteiger partial charge >= 0.3 is 23.6 Å². The number of oxazole rings is 2. The summed E-state index contributed by atoms with van der Waals surface area (Å²) in [6.07, 6.45) is 2.80. The number of amides is 3. The molecule has 4 heterocycles. The Bertz CT molecular complexity index is 2340. The largest absolute Gasteiger partial charge is 0.444 e. The fourth-order valence-corrected chi connectivity index (χ4v) is 7.57. The molecule has 3 amide bonds. The fourth-order valence-electron chi connectivity index (χ4n) is 7.57. The number of piperazine rings is 2. The number of urea groups is 1. The maximum atomic E-state index is 12.5. The molecule has 336 valence electrons. The molecule has 0 bridgehead atoms. The van der Waals surface area contributed by atoms with Crippen LogP contribution in [0.5, 0.6) is 0 Å². The van der Waals surface area contributed by atoms with E-state index >= 15 is 0 Å². The number of ether oxygens (including phenoxy) is 1. The maximum absolute atomic E-state index is 12.5. The molecule has 16 nitrogen and oxygen atoms in total. The van der Waals surface area contributed by atoms with Gasteiger partial charge in [-0.2, -0.15) is 0 Å². The summed E-state index contributed by atoms with van der Waals surface area (Å²) >= 11 is 0. The number of hydrogen-bond donors (Lipinski definition) is 1. The third-order valence-corrected chi connectivity index (χ3v) is 11.1. The van der Waals surface area contributed by atoms with Crippen molar-refractivity contribution >= 4 is 45.7 Å². The summed E-state index contributed by atoms with van der Waals surface area (Å²) in [5.74, 6) is -0.650. The van der Waals surface area contributed by atoms with Crippen molar-refractivity contribution < 1.29 is 23.2 Å². The second-order valence-corrected chi connectivity index (χ2v) is 17.6. The maximum Gasteiger partial charge on any atom is 0.419 e. The molecule has 0 saturated carbocycles. The minimum absolute atomic E-state index is 0.0128.